The summed E-state index contributed by atoms with van der Waals surface area (Å²) in [6, 6.07) is 0. The second-order valence-electron chi connectivity index (χ2n) is 4.16. The fourth-order valence-electron chi connectivity index (χ4n) is 1.70. The average molecular weight is 240 g/mol. The normalized spacial score (nSPS) is 10.6. The molecule has 0 spiro atoms. The van der Waals surface area contributed by atoms with E-state index in [0.717, 1.165) is 12.8 Å². The van der Waals surface area contributed by atoms with Crippen molar-refractivity contribution < 1.29 is 9.90 Å². The second-order valence-corrected chi connectivity index (χ2v) is 4.16. The second kappa shape index (κ2) is 7.76. The van der Waals surface area contributed by atoms with Gasteiger partial charge in [-0.3, -0.25) is 4.79 Å². The quantitative estimate of drug-likeness (QED) is 0.664. The lowest BCUT2D eigenvalue weighted by molar-refractivity contribution is -0.136. The Bertz CT molecular complexity index is 338. The van der Waals surface area contributed by atoms with Crippen LogP contribution in [0, 0.1) is 0 Å². The lowest BCUT2D eigenvalue weighted by Crippen LogP contribution is -2.10. The van der Waals surface area contributed by atoms with Gasteiger partial charge in [0.25, 0.3) is 0 Å². The van der Waals surface area contributed by atoms with Crippen LogP contribution >= 0.6 is 0 Å². The zero-order valence-electron chi connectivity index (χ0n) is 10.3. The largest absolute Gasteiger partial charge is 0.481 e. The van der Waals surface area contributed by atoms with Crippen molar-refractivity contribution in [3.05, 3.63) is 5.82 Å². The Labute approximate surface area is 101 Å². The maximum atomic E-state index is 10.6. The Hall–Kier alpha value is -1.46. The first kappa shape index (κ1) is 13.6. The van der Waals surface area contributed by atoms with Crippen LogP contribution in [0.4, 0.5) is 0 Å². The third-order valence-electron chi connectivity index (χ3n) is 2.64. The molecule has 0 radical (unpaired) electrons. The third-order valence-corrected chi connectivity index (χ3v) is 2.64. The molecule has 0 aromatic carbocycles. The van der Waals surface area contributed by atoms with Gasteiger partial charge in [0, 0.05) is 6.54 Å². The number of tetrazole rings is 1. The molecule has 1 N–H and O–H groups in total. The molecule has 0 aliphatic carbocycles. The van der Waals surface area contributed by atoms with Crippen LogP contribution in [-0.2, 0) is 17.8 Å². The van der Waals surface area contributed by atoms with E-state index in [1.54, 1.807) is 4.68 Å². The van der Waals surface area contributed by atoms with E-state index in [1.807, 2.05) is 0 Å². The van der Waals surface area contributed by atoms with Gasteiger partial charge < -0.3 is 5.11 Å². The number of aliphatic carboxylic acids is 1. The lowest BCUT2D eigenvalue weighted by atomic mass is 10.1. The molecule has 1 aromatic heterocycles. The standard InChI is InChI=1S/C11H20N4O2/c1-2-3-4-5-6-7-8-15-10(9-11(16)17)12-13-14-15/h2-9H2,1H3,(H,16,17). The van der Waals surface area contributed by atoms with E-state index in [9.17, 15) is 4.79 Å². The van der Waals surface area contributed by atoms with E-state index in [1.165, 1.54) is 25.7 Å². The zero-order valence-corrected chi connectivity index (χ0v) is 10.3. The molecule has 0 atom stereocenters. The molecule has 0 saturated heterocycles. The van der Waals surface area contributed by atoms with Crippen molar-refractivity contribution in [1.29, 1.82) is 0 Å². The number of aromatic nitrogens is 4. The fraction of sp³-hybridized carbons (Fsp3) is 0.818. The van der Waals surface area contributed by atoms with Gasteiger partial charge in [-0.2, -0.15) is 0 Å². The zero-order chi connectivity index (χ0) is 12.5. The smallest absolute Gasteiger partial charge is 0.311 e. The summed E-state index contributed by atoms with van der Waals surface area (Å²) in [6.07, 6.45) is 7.07. The Balaban J connectivity index is 2.22. The molecule has 0 aliphatic rings. The summed E-state index contributed by atoms with van der Waals surface area (Å²) >= 11 is 0. The number of carbonyl (C=O) groups is 1. The maximum absolute atomic E-state index is 10.6. The van der Waals surface area contributed by atoms with Crippen LogP contribution in [0.25, 0.3) is 0 Å². The highest BCUT2D eigenvalue weighted by molar-refractivity contribution is 5.68. The van der Waals surface area contributed by atoms with Gasteiger partial charge >= 0.3 is 5.97 Å². The molecular formula is C11H20N4O2. The Morgan fingerprint density at radius 3 is 2.65 bits per heavy atom. The molecule has 6 nitrogen and oxygen atoms in total. The van der Waals surface area contributed by atoms with Crippen LogP contribution in [0.2, 0.25) is 0 Å². The minimum Gasteiger partial charge on any atom is -0.481 e. The number of rotatable bonds is 9. The number of carboxylic acids is 1. The van der Waals surface area contributed by atoms with Gasteiger partial charge in [-0.25, -0.2) is 4.68 Å². The summed E-state index contributed by atoms with van der Waals surface area (Å²) in [5.41, 5.74) is 0. The van der Waals surface area contributed by atoms with Crippen molar-refractivity contribution >= 4 is 5.97 Å². The van der Waals surface area contributed by atoms with E-state index >= 15 is 0 Å². The first-order chi connectivity index (χ1) is 8.24. The van der Waals surface area contributed by atoms with Gasteiger partial charge in [0.15, 0.2) is 5.82 Å². The van der Waals surface area contributed by atoms with Crippen molar-refractivity contribution in [1.82, 2.24) is 20.2 Å². The van der Waals surface area contributed by atoms with Crippen LogP contribution in [-0.4, -0.2) is 31.3 Å². The number of hydrogen-bond acceptors (Lipinski definition) is 4. The summed E-state index contributed by atoms with van der Waals surface area (Å²) < 4.78 is 1.59. The number of nitrogens with zero attached hydrogens (tertiary/aromatic N) is 4. The summed E-state index contributed by atoms with van der Waals surface area (Å²) in [5.74, 6) is -0.463. The van der Waals surface area contributed by atoms with Crippen LogP contribution in [0.15, 0.2) is 0 Å². The average Bonchev–Trinajstić information content (AvgIpc) is 2.70. The van der Waals surface area contributed by atoms with Gasteiger partial charge in [0.05, 0.1) is 0 Å². The predicted octanol–water partition coefficient (Wildman–Crippen LogP) is 1.66. The molecule has 0 unspecified atom stereocenters. The van der Waals surface area contributed by atoms with Gasteiger partial charge in [-0.05, 0) is 16.8 Å². The summed E-state index contributed by atoms with van der Waals surface area (Å²) in [4.78, 5) is 10.6. The topological polar surface area (TPSA) is 80.9 Å². The monoisotopic (exact) mass is 240 g/mol. The molecule has 0 saturated carbocycles. The van der Waals surface area contributed by atoms with E-state index in [-0.39, 0.29) is 6.42 Å². The minimum atomic E-state index is -0.899. The molecule has 0 fully saturated rings. The van der Waals surface area contributed by atoms with Crippen molar-refractivity contribution in [3.8, 4) is 0 Å². The predicted molar refractivity (Wildman–Crippen MR) is 62.5 cm³/mol. The molecule has 17 heavy (non-hydrogen) atoms. The highest BCUT2D eigenvalue weighted by Crippen LogP contribution is 2.06. The number of aryl methyl sites for hydroxylation is 1. The lowest BCUT2D eigenvalue weighted by Gasteiger charge is -2.03. The van der Waals surface area contributed by atoms with Crippen LogP contribution in [0.1, 0.15) is 51.3 Å². The maximum Gasteiger partial charge on any atom is 0.311 e. The molecule has 1 heterocycles. The van der Waals surface area contributed by atoms with Gasteiger partial charge in [0.2, 0.25) is 0 Å². The molecule has 0 bridgehead atoms. The number of hydrogen-bond donors (Lipinski definition) is 1. The molecule has 96 valence electrons. The van der Waals surface area contributed by atoms with Crippen molar-refractivity contribution in [2.75, 3.05) is 0 Å². The summed E-state index contributed by atoms with van der Waals surface area (Å²) in [7, 11) is 0. The molecule has 1 rings (SSSR count). The fourth-order valence-corrected chi connectivity index (χ4v) is 1.70. The molecule has 0 aliphatic heterocycles. The van der Waals surface area contributed by atoms with Gasteiger partial charge in [-0.1, -0.05) is 39.0 Å². The molecular weight excluding hydrogens is 220 g/mol. The Morgan fingerprint density at radius 2 is 1.94 bits per heavy atom. The molecule has 1 aromatic rings. The molecule has 6 heteroatoms. The summed E-state index contributed by atoms with van der Waals surface area (Å²) in [6.45, 7) is 2.90. The van der Waals surface area contributed by atoms with E-state index in [4.69, 9.17) is 5.11 Å². The number of unbranched alkanes of at least 4 members (excludes halogenated alkanes) is 5. The number of carboxylic acid groups (broad SMARTS) is 1. The van der Waals surface area contributed by atoms with Crippen LogP contribution in [0.5, 0.6) is 0 Å². The van der Waals surface area contributed by atoms with E-state index in [0.29, 0.717) is 12.4 Å². The van der Waals surface area contributed by atoms with Crippen molar-refractivity contribution in [2.45, 2.75) is 58.4 Å². The molecule has 0 amide bonds. The van der Waals surface area contributed by atoms with Gasteiger partial charge in [0.1, 0.15) is 6.42 Å². The first-order valence-corrected chi connectivity index (χ1v) is 6.21. The highest BCUT2D eigenvalue weighted by Gasteiger charge is 2.09. The Morgan fingerprint density at radius 1 is 1.24 bits per heavy atom. The van der Waals surface area contributed by atoms with Crippen molar-refractivity contribution in [3.63, 3.8) is 0 Å². The first-order valence-electron chi connectivity index (χ1n) is 6.21. The summed E-state index contributed by atoms with van der Waals surface area (Å²) in [5, 5.41) is 19.7. The van der Waals surface area contributed by atoms with Crippen LogP contribution in [0.3, 0.4) is 0 Å². The van der Waals surface area contributed by atoms with Crippen LogP contribution < -0.4 is 0 Å². The SMILES string of the molecule is CCCCCCCCn1nnnc1CC(=O)O. The van der Waals surface area contributed by atoms with Crippen molar-refractivity contribution in [2.24, 2.45) is 0 Å². The third kappa shape index (κ3) is 5.42. The van der Waals surface area contributed by atoms with E-state index in [2.05, 4.69) is 22.4 Å². The minimum absolute atomic E-state index is 0.108. The highest BCUT2D eigenvalue weighted by atomic mass is 16.4. The van der Waals surface area contributed by atoms with E-state index < -0.39 is 5.97 Å². The Kier molecular flexibility index (Phi) is 6.21. The van der Waals surface area contributed by atoms with Gasteiger partial charge in [-0.15, -0.1) is 5.10 Å².